The fourth-order valence-electron chi connectivity index (χ4n) is 3.75. The third kappa shape index (κ3) is 10.2. The summed E-state index contributed by atoms with van der Waals surface area (Å²) in [6.45, 7) is 3.21. The van der Waals surface area contributed by atoms with Gasteiger partial charge in [0, 0.05) is 28.4 Å². The molecule has 216 valence electrons. The Morgan fingerprint density at radius 3 is 2.35 bits per heavy atom. The minimum atomic E-state index is -4.57. The van der Waals surface area contributed by atoms with Crippen LogP contribution in [0.3, 0.4) is 0 Å². The maximum absolute atomic E-state index is 12.7. The summed E-state index contributed by atoms with van der Waals surface area (Å²) >= 11 is 6.00. The van der Waals surface area contributed by atoms with Gasteiger partial charge in [-0.1, -0.05) is 23.7 Å². The van der Waals surface area contributed by atoms with Gasteiger partial charge in [0.2, 0.25) is 5.96 Å². The molecule has 2 aromatic carbocycles. The van der Waals surface area contributed by atoms with Gasteiger partial charge in [-0.25, -0.2) is 9.98 Å². The number of alkyl halides is 3. The number of benzene rings is 2. The first kappa shape index (κ1) is 31.1. The second-order valence-corrected chi connectivity index (χ2v) is 9.57. The largest absolute Gasteiger partial charge is 0.454 e. The van der Waals surface area contributed by atoms with Crippen LogP contribution < -0.4 is 21.3 Å². The van der Waals surface area contributed by atoms with E-state index in [2.05, 4.69) is 47.7 Å². The number of nitrogens with zero attached hydrogens (tertiary/aromatic N) is 3. The number of amidine groups is 1. The van der Waals surface area contributed by atoms with Crippen LogP contribution in [0.25, 0.3) is 0 Å². The standard InChI is InChI=1S/C27H33ClF3N7O2/c1-32-15-3-4-16-34-23(39)19-5-11-22(12-6-19)37-24(38-25(33-2)40-17-27(29,30)31)35-18-36-26(13-14-26)20-7-9-21(28)10-8-20/h5-12,32,36H,2-4,13-18H2,1H3,(H,34,39)(H,35,37)/b38-25+. The Morgan fingerprint density at radius 1 is 1.07 bits per heavy atom. The third-order valence-corrected chi connectivity index (χ3v) is 6.29. The number of ether oxygens (including phenoxy) is 1. The highest BCUT2D eigenvalue weighted by Crippen LogP contribution is 2.45. The van der Waals surface area contributed by atoms with E-state index in [1.54, 1.807) is 24.3 Å². The molecule has 3 rings (SSSR count). The van der Waals surface area contributed by atoms with E-state index in [9.17, 15) is 18.0 Å². The molecule has 0 bridgehead atoms. The zero-order valence-corrected chi connectivity index (χ0v) is 22.9. The van der Waals surface area contributed by atoms with Crippen molar-refractivity contribution in [2.24, 2.45) is 15.0 Å². The molecule has 2 aromatic rings. The molecule has 0 heterocycles. The molecule has 0 aromatic heterocycles. The van der Waals surface area contributed by atoms with Crippen molar-refractivity contribution >= 4 is 41.9 Å². The van der Waals surface area contributed by atoms with Gasteiger partial charge in [0.1, 0.15) is 0 Å². The van der Waals surface area contributed by atoms with E-state index in [-0.39, 0.29) is 24.1 Å². The Balaban J connectivity index is 1.69. The van der Waals surface area contributed by atoms with E-state index in [1.807, 2.05) is 31.3 Å². The van der Waals surface area contributed by atoms with E-state index in [4.69, 9.17) is 11.6 Å². The number of halogens is 4. The monoisotopic (exact) mass is 579 g/mol. The maximum atomic E-state index is 12.7. The van der Waals surface area contributed by atoms with Crippen LogP contribution in [0.5, 0.6) is 0 Å². The lowest BCUT2D eigenvalue weighted by atomic mass is 10.1. The number of guanidine groups is 1. The van der Waals surface area contributed by atoms with Gasteiger partial charge in [-0.15, -0.1) is 0 Å². The zero-order valence-electron chi connectivity index (χ0n) is 22.2. The van der Waals surface area contributed by atoms with Crippen molar-refractivity contribution in [1.29, 1.82) is 0 Å². The Labute approximate surface area is 236 Å². The minimum absolute atomic E-state index is 0.0503. The first-order valence-corrected chi connectivity index (χ1v) is 13.1. The summed E-state index contributed by atoms with van der Waals surface area (Å²) in [5.41, 5.74) is 1.76. The fourth-order valence-corrected chi connectivity index (χ4v) is 3.87. The number of carbonyl (C=O) groups excluding carboxylic acids is 1. The van der Waals surface area contributed by atoms with Crippen LogP contribution in [0.1, 0.15) is 41.6 Å². The van der Waals surface area contributed by atoms with Crippen LogP contribution >= 0.6 is 11.6 Å². The van der Waals surface area contributed by atoms with Gasteiger partial charge < -0.3 is 20.7 Å². The summed E-state index contributed by atoms with van der Waals surface area (Å²) in [6, 6.07) is 13.4. The summed E-state index contributed by atoms with van der Waals surface area (Å²) in [5.74, 6) is -0.256. The molecule has 0 spiro atoms. The summed E-state index contributed by atoms with van der Waals surface area (Å²) < 4.78 is 42.6. The van der Waals surface area contributed by atoms with Gasteiger partial charge in [0.15, 0.2) is 6.61 Å². The summed E-state index contributed by atoms with van der Waals surface area (Å²) in [5, 5.41) is 12.9. The molecule has 9 nitrogen and oxygen atoms in total. The molecule has 0 aliphatic heterocycles. The fraction of sp³-hybridized carbons (Fsp3) is 0.407. The van der Waals surface area contributed by atoms with Gasteiger partial charge >= 0.3 is 12.2 Å². The van der Waals surface area contributed by atoms with E-state index >= 15 is 0 Å². The average Bonchev–Trinajstić information content (AvgIpc) is 3.71. The van der Waals surface area contributed by atoms with Crippen LogP contribution in [0.15, 0.2) is 63.5 Å². The topological polar surface area (TPSA) is 112 Å². The van der Waals surface area contributed by atoms with Crippen LogP contribution in [-0.2, 0) is 10.3 Å². The number of hydrogen-bond acceptors (Lipinski definition) is 5. The Bertz CT molecular complexity index is 1180. The molecule has 4 N–H and O–H groups in total. The number of carbonyl (C=O) groups is 1. The van der Waals surface area contributed by atoms with Crippen LogP contribution in [0.4, 0.5) is 18.9 Å². The van der Waals surface area contributed by atoms with E-state index < -0.39 is 18.8 Å². The molecular weight excluding hydrogens is 547 g/mol. The predicted molar refractivity (Wildman–Crippen MR) is 152 cm³/mol. The summed E-state index contributed by atoms with van der Waals surface area (Å²) in [6.07, 6.45) is -0.982. The molecule has 1 fully saturated rings. The highest BCUT2D eigenvalue weighted by Gasteiger charge is 2.43. The zero-order chi connectivity index (χ0) is 29.0. The second kappa shape index (κ2) is 14.8. The number of hydrogen-bond donors (Lipinski definition) is 4. The van der Waals surface area contributed by atoms with Crippen molar-refractivity contribution in [3.05, 3.63) is 64.7 Å². The number of amides is 1. The van der Waals surface area contributed by atoms with Crippen molar-refractivity contribution in [2.45, 2.75) is 37.4 Å². The number of rotatable bonds is 12. The first-order valence-electron chi connectivity index (χ1n) is 12.7. The molecular formula is C27H33ClF3N7O2. The van der Waals surface area contributed by atoms with Crippen molar-refractivity contribution in [1.82, 2.24) is 16.0 Å². The lowest BCUT2D eigenvalue weighted by Gasteiger charge is -2.17. The molecule has 1 aliphatic carbocycles. The van der Waals surface area contributed by atoms with Gasteiger partial charge in [-0.2, -0.15) is 18.2 Å². The molecule has 1 saturated carbocycles. The van der Waals surface area contributed by atoms with Gasteiger partial charge in [0.05, 0.1) is 6.67 Å². The van der Waals surface area contributed by atoms with E-state index in [0.717, 1.165) is 37.8 Å². The number of nitrogens with one attached hydrogen (secondary N) is 4. The predicted octanol–water partition coefficient (Wildman–Crippen LogP) is 4.71. The summed E-state index contributed by atoms with van der Waals surface area (Å²) in [4.78, 5) is 24.2. The van der Waals surface area contributed by atoms with Crippen LogP contribution in [-0.4, -0.2) is 64.2 Å². The van der Waals surface area contributed by atoms with Crippen molar-refractivity contribution in [3.8, 4) is 0 Å². The molecule has 40 heavy (non-hydrogen) atoms. The third-order valence-electron chi connectivity index (χ3n) is 6.04. The smallest absolute Gasteiger partial charge is 0.422 e. The summed E-state index contributed by atoms with van der Waals surface area (Å²) in [7, 11) is 1.88. The number of aliphatic imine (C=N–C) groups is 3. The molecule has 13 heteroatoms. The van der Waals surface area contributed by atoms with Crippen molar-refractivity contribution in [3.63, 3.8) is 0 Å². The quantitative estimate of drug-likeness (QED) is 0.165. The van der Waals surface area contributed by atoms with Crippen molar-refractivity contribution in [2.75, 3.05) is 38.7 Å². The SMILES string of the molecule is C=N/C(=N\C(=N/CNC1(c2ccc(Cl)cc2)CC1)Nc1ccc(C(=O)NCCCCNC)cc1)OCC(F)(F)F. The Kier molecular flexibility index (Phi) is 11.5. The van der Waals surface area contributed by atoms with Crippen molar-refractivity contribution < 1.29 is 22.7 Å². The Hall–Kier alpha value is -3.48. The molecule has 0 atom stereocenters. The highest BCUT2D eigenvalue weighted by molar-refractivity contribution is 6.30. The van der Waals surface area contributed by atoms with Crippen LogP contribution in [0, 0.1) is 0 Å². The maximum Gasteiger partial charge on any atom is 0.422 e. The first-order chi connectivity index (χ1) is 19.1. The second-order valence-electron chi connectivity index (χ2n) is 9.13. The number of unbranched alkanes of at least 4 members (excludes halogenated alkanes) is 1. The number of anilines is 1. The average molecular weight is 580 g/mol. The highest BCUT2D eigenvalue weighted by atomic mass is 35.5. The molecule has 1 aliphatic rings. The van der Waals surface area contributed by atoms with Gasteiger partial charge in [-0.3, -0.25) is 10.1 Å². The molecule has 1 amide bonds. The normalized spacial score (nSPS) is 14.9. The minimum Gasteiger partial charge on any atom is -0.454 e. The van der Waals surface area contributed by atoms with Gasteiger partial charge in [-0.05, 0) is 88.0 Å². The van der Waals surface area contributed by atoms with E-state index in [0.29, 0.717) is 22.8 Å². The molecule has 0 unspecified atom stereocenters. The Morgan fingerprint density at radius 2 is 1.75 bits per heavy atom. The lowest BCUT2D eigenvalue weighted by molar-refractivity contribution is -0.156. The molecule has 0 saturated heterocycles. The molecule has 0 radical (unpaired) electrons. The van der Waals surface area contributed by atoms with E-state index in [1.165, 1.54) is 0 Å². The lowest BCUT2D eigenvalue weighted by Crippen LogP contribution is -2.30. The van der Waals surface area contributed by atoms with Gasteiger partial charge in [0.25, 0.3) is 5.91 Å². The van der Waals surface area contributed by atoms with Crippen LogP contribution in [0.2, 0.25) is 5.02 Å².